The van der Waals surface area contributed by atoms with Crippen LogP contribution in [0.3, 0.4) is 0 Å². The van der Waals surface area contributed by atoms with Gasteiger partial charge >= 0.3 is 0 Å². The highest BCUT2D eigenvalue weighted by Crippen LogP contribution is 2.21. The van der Waals surface area contributed by atoms with Gasteiger partial charge in [-0.05, 0) is 43.0 Å². The van der Waals surface area contributed by atoms with Crippen molar-refractivity contribution in [3.63, 3.8) is 0 Å². The van der Waals surface area contributed by atoms with E-state index in [1.54, 1.807) is 0 Å². The topological polar surface area (TPSA) is 64.3 Å². The average Bonchev–Trinajstić information content (AvgIpc) is 2.53. The van der Waals surface area contributed by atoms with Crippen molar-refractivity contribution in [2.24, 2.45) is 0 Å². The van der Waals surface area contributed by atoms with Gasteiger partial charge in [0.15, 0.2) is 0 Å². The molecule has 122 valence electrons. The minimum atomic E-state index is 0.0124. The zero-order chi connectivity index (χ0) is 16.7. The molecule has 4 heteroatoms. The van der Waals surface area contributed by atoms with E-state index in [1.807, 2.05) is 56.3 Å². The lowest BCUT2D eigenvalue weighted by molar-refractivity contribution is -0.121. The average molecular weight is 312 g/mol. The number of anilines is 1. The molecular weight excluding hydrogens is 288 g/mol. The molecule has 0 bridgehead atoms. The van der Waals surface area contributed by atoms with E-state index in [0.717, 1.165) is 28.1 Å². The maximum Gasteiger partial charge on any atom is 0.220 e. The summed E-state index contributed by atoms with van der Waals surface area (Å²) in [6.45, 7) is 5.00. The summed E-state index contributed by atoms with van der Waals surface area (Å²) in [7, 11) is 0. The number of carbonyl (C=O) groups excluding carboxylic acids is 1. The van der Waals surface area contributed by atoms with Gasteiger partial charge in [-0.25, -0.2) is 0 Å². The Balaban J connectivity index is 1.70. The fourth-order valence-corrected chi connectivity index (χ4v) is 2.47. The number of benzene rings is 2. The van der Waals surface area contributed by atoms with Crippen LogP contribution in [0.15, 0.2) is 42.5 Å². The molecule has 0 aliphatic rings. The lowest BCUT2D eigenvalue weighted by atomic mass is 10.1. The minimum absolute atomic E-state index is 0.0124. The van der Waals surface area contributed by atoms with Gasteiger partial charge in [0.05, 0.1) is 6.54 Å². The van der Waals surface area contributed by atoms with Gasteiger partial charge in [-0.2, -0.15) is 0 Å². The molecule has 4 nitrogen and oxygen atoms in total. The number of amides is 1. The number of ether oxygens (including phenoxy) is 1. The van der Waals surface area contributed by atoms with Crippen LogP contribution in [0.1, 0.15) is 23.1 Å². The molecule has 2 aromatic carbocycles. The number of para-hydroxylation sites is 2. The van der Waals surface area contributed by atoms with E-state index in [9.17, 15) is 4.79 Å². The number of aryl methyl sites for hydroxylation is 3. The Morgan fingerprint density at radius 1 is 1.09 bits per heavy atom. The summed E-state index contributed by atoms with van der Waals surface area (Å²) < 4.78 is 5.77. The van der Waals surface area contributed by atoms with E-state index < -0.39 is 0 Å². The highest BCUT2D eigenvalue weighted by Gasteiger charge is 2.05. The molecule has 0 aromatic heterocycles. The maximum absolute atomic E-state index is 11.9. The monoisotopic (exact) mass is 312 g/mol. The summed E-state index contributed by atoms with van der Waals surface area (Å²) in [5, 5.41) is 2.88. The van der Waals surface area contributed by atoms with Crippen molar-refractivity contribution < 1.29 is 9.53 Å². The number of hydrogen-bond donors (Lipinski definition) is 2. The fraction of sp³-hybridized carbons (Fsp3) is 0.316. The van der Waals surface area contributed by atoms with Crippen LogP contribution < -0.4 is 15.8 Å². The van der Waals surface area contributed by atoms with Crippen molar-refractivity contribution >= 4 is 11.6 Å². The van der Waals surface area contributed by atoms with Gasteiger partial charge in [0.25, 0.3) is 0 Å². The third-order valence-corrected chi connectivity index (χ3v) is 3.76. The van der Waals surface area contributed by atoms with Gasteiger partial charge in [-0.1, -0.05) is 36.4 Å². The van der Waals surface area contributed by atoms with Crippen LogP contribution >= 0.6 is 0 Å². The first kappa shape index (κ1) is 16.9. The lowest BCUT2D eigenvalue weighted by Gasteiger charge is -2.12. The molecule has 0 spiro atoms. The van der Waals surface area contributed by atoms with Crippen molar-refractivity contribution in [1.29, 1.82) is 0 Å². The van der Waals surface area contributed by atoms with Crippen LogP contribution in [-0.4, -0.2) is 19.1 Å². The number of nitrogens with two attached hydrogens (primary N) is 1. The number of carbonyl (C=O) groups is 1. The van der Waals surface area contributed by atoms with Crippen LogP contribution in [0.25, 0.3) is 0 Å². The standard InChI is InChI=1S/C19H24N2O2/c1-14-6-5-7-15(2)19(14)23-13-12-21-18(22)11-10-16-8-3-4-9-17(16)20/h3-9H,10-13,20H2,1-2H3,(H,21,22). The Kier molecular flexibility index (Phi) is 6.03. The first-order chi connectivity index (χ1) is 11.1. The van der Waals surface area contributed by atoms with Gasteiger partial charge in [-0.15, -0.1) is 0 Å². The molecule has 2 aromatic rings. The van der Waals surface area contributed by atoms with E-state index in [0.29, 0.717) is 26.0 Å². The van der Waals surface area contributed by atoms with E-state index >= 15 is 0 Å². The Hall–Kier alpha value is -2.49. The molecule has 0 unspecified atom stereocenters. The molecule has 1 amide bonds. The lowest BCUT2D eigenvalue weighted by Crippen LogP contribution is -2.28. The van der Waals surface area contributed by atoms with Crippen LogP contribution in [-0.2, 0) is 11.2 Å². The molecule has 2 rings (SSSR count). The number of rotatable bonds is 7. The maximum atomic E-state index is 11.9. The van der Waals surface area contributed by atoms with E-state index in [-0.39, 0.29) is 5.91 Å². The third-order valence-electron chi connectivity index (χ3n) is 3.76. The highest BCUT2D eigenvalue weighted by atomic mass is 16.5. The smallest absolute Gasteiger partial charge is 0.220 e. The van der Waals surface area contributed by atoms with E-state index in [4.69, 9.17) is 10.5 Å². The molecule has 0 radical (unpaired) electrons. The Morgan fingerprint density at radius 3 is 2.48 bits per heavy atom. The molecule has 3 N–H and O–H groups in total. The molecule has 0 saturated carbocycles. The zero-order valence-electron chi connectivity index (χ0n) is 13.8. The quantitative estimate of drug-likeness (QED) is 0.610. The molecule has 0 atom stereocenters. The Morgan fingerprint density at radius 2 is 1.78 bits per heavy atom. The van der Waals surface area contributed by atoms with Crippen LogP contribution in [0.4, 0.5) is 5.69 Å². The second-order valence-corrected chi connectivity index (χ2v) is 5.62. The number of hydrogen-bond acceptors (Lipinski definition) is 3. The first-order valence-electron chi connectivity index (χ1n) is 7.87. The normalized spacial score (nSPS) is 10.3. The summed E-state index contributed by atoms with van der Waals surface area (Å²) in [5.74, 6) is 0.914. The third kappa shape index (κ3) is 5.02. The molecular formula is C19H24N2O2. The van der Waals surface area contributed by atoms with E-state index in [2.05, 4.69) is 5.32 Å². The van der Waals surface area contributed by atoms with Crippen molar-refractivity contribution in [3.8, 4) is 5.75 Å². The molecule has 0 fully saturated rings. The van der Waals surface area contributed by atoms with Crippen molar-refractivity contribution in [2.45, 2.75) is 26.7 Å². The summed E-state index contributed by atoms with van der Waals surface area (Å²) in [6, 6.07) is 13.7. The van der Waals surface area contributed by atoms with Crippen molar-refractivity contribution in [1.82, 2.24) is 5.32 Å². The largest absolute Gasteiger partial charge is 0.491 e. The highest BCUT2D eigenvalue weighted by molar-refractivity contribution is 5.76. The van der Waals surface area contributed by atoms with Gasteiger partial charge in [-0.3, -0.25) is 4.79 Å². The molecule has 0 aliphatic carbocycles. The first-order valence-corrected chi connectivity index (χ1v) is 7.87. The molecule has 0 heterocycles. The van der Waals surface area contributed by atoms with Crippen LogP contribution in [0, 0.1) is 13.8 Å². The zero-order valence-corrected chi connectivity index (χ0v) is 13.8. The van der Waals surface area contributed by atoms with Crippen molar-refractivity contribution in [3.05, 3.63) is 59.2 Å². The summed E-state index contributed by atoms with van der Waals surface area (Å²) >= 11 is 0. The van der Waals surface area contributed by atoms with Gasteiger partial charge in [0.2, 0.25) is 5.91 Å². The van der Waals surface area contributed by atoms with Gasteiger partial charge in [0, 0.05) is 12.1 Å². The predicted octanol–water partition coefficient (Wildman–Crippen LogP) is 3.01. The van der Waals surface area contributed by atoms with Crippen LogP contribution in [0.5, 0.6) is 5.75 Å². The summed E-state index contributed by atoms with van der Waals surface area (Å²) in [6.07, 6.45) is 1.08. The van der Waals surface area contributed by atoms with Gasteiger partial charge in [0.1, 0.15) is 12.4 Å². The van der Waals surface area contributed by atoms with Gasteiger partial charge < -0.3 is 15.8 Å². The molecule has 0 saturated heterocycles. The summed E-state index contributed by atoms with van der Waals surface area (Å²) in [4.78, 5) is 11.9. The predicted molar refractivity (Wildman–Crippen MR) is 93.6 cm³/mol. The SMILES string of the molecule is Cc1cccc(C)c1OCCNC(=O)CCc1ccccc1N. The fourth-order valence-electron chi connectivity index (χ4n) is 2.47. The Bertz CT molecular complexity index is 648. The second-order valence-electron chi connectivity index (χ2n) is 5.62. The Labute approximate surface area is 137 Å². The van der Waals surface area contributed by atoms with Crippen molar-refractivity contribution in [2.75, 3.05) is 18.9 Å². The summed E-state index contributed by atoms with van der Waals surface area (Å²) in [5.41, 5.74) is 9.83. The minimum Gasteiger partial charge on any atom is -0.491 e. The molecule has 0 aliphatic heterocycles. The number of nitrogen functional groups attached to an aromatic ring is 1. The van der Waals surface area contributed by atoms with Crippen LogP contribution in [0.2, 0.25) is 0 Å². The molecule has 23 heavy (non-hydrogen) atoms. The van der Waals surface area contributed by atoms with E-state index in [1.165, 1.54) is 0 Å². The number of nitrogens with one attached hydrogen (secondary N) is 1. The second kappa shape index (κ2) is 8.22.